The summed E-state index contributed by atoms with van der Waals surface area (Å²) in [7, 11) is 0. The first-order chi connectivity index (χ1) is 10.3. The van der Waals surface area contributed by atoms with Crippen LogP contribution in [0, 0.1) is 0 Å². The highest BCUT2D eigenvalue weighted by Crippen LogP contribution is 2.08. The van der Waals surface area contributed by atoms with E-state index in [1.54, 1.807) is 30.3 Å². The summed E-state index contributed by atoms with van der Waals surface area (Å²) in [6.07, 6.45) is 0.970. The van der Waals surface area contributed by atoms with Crippen molar-refractivity contribution in [2.45, 2.75) is 45.2 Å². The summed E-state index contributed by atoms with van der Waals surface area (Å²) in [6, 6.07) is 7.57. The quantitative estimate of drug-likeness (QED) is 0.712. The second-order valence-electron chi connectivity index (χ2n) is 5.60. The van der Waals surface area contributed by atoms with Crippen molar-refractivity contribution in [1.82, 2.24) is 10.6 Å². The Morgan fingerprint density at radius 2 is 1.77 bits per heavy atom. The third-order valence-corrected chi connectivity index (χ3v) is 3.21. The van der Waals surface area contributed by atoms with Crippen molar-refractivity contribution in [1.29, 1.82) is 0 Å². The van der Waals surface area contributed by atoms with Crippen molar-refractivity contribution in [3.63, 3.8) is 0 Å². The number of rotatable bonds is 7. The molecule has 22 heavy (non-hydrogen) atoms. The van der Waals surface area contributed by atoms with E-state index < -0.39 is 23.5 Å². The van der Waals surface area contributed by atoms with Gasteiger partial charge in [0.1, 0.15) is 11.6 Å². The highest BCUT2D eigenvalue weighted by molar-refractivity contribution is 5.99. The number of benzene rings is 1. The van der Waals surface area contributed by atoms with Crippen molar-refractivity contribution in [2.24, 2.45) is 0 Å². The lowest BCUT2D eigenvalue weighted by molar-refractivity contribution is -0.142. The smallest absolute Gasteiger partial charge is 0.326 e. The Balaban J connectivity index is 2.74. The summed E-state index contributed by atoms with van der Waals surface area (Å²) >= 11 is 0. The van der Waals surface area contributed by atoms with Crippen LogP contribution in [0.2, 0.25) is 0 Å². The normalized spacial score (nSPS) is 12.3. The summed E-state index contributed by atoms with van der Waals surface area (Å²) in [5.41, 5.74) is -0.777. The fourth-order valence-electron chi connectivity index (χ4n) is 1.89. The molecule has 6 heteroatoms. The number of nitrogens with one attached hydrogen (secondary N) is 2. The van der Waals surface area contributed by atoms with Gasteiger partial charge < -0.3 is 15.7 Å². The van der Waals surface area contributed by atoms with Crippen molar-refractivity contribution in [3.05, 3.63) is 35.9 Å². The van der Waals surface area contributed by atoms with Crippen molar-refractivity contribution in [2.75, 3.05) is 0 Å². The van der Waals surface area contributed by atoms with E-state index in [-0.39, 0.29) is 5.91 Å². The first-order valence-electron chi connectivity index (χ1n) is 7.19. The van der Waals surface area contributed by atoms with E-state index in [0.717, 1.165) is 0 Å². The van der Waals surface area contributed by atoms with Gasteiger partial charge in [0, 0.05) is 5.56 Å². The predicted molar refractivity (Wildman–Crippen MR) is 82.5 cm³/mol. The average molecular weight is 306 g/mol. The second kappa shape index (κ2) is 7.59. The minimum absolute atomic E-state index is 0.337. The molecule has 0 aliphatic heterocycles. The molecule has 0 saturated carbocycles. The molecule has 2 amide bonds. The van der Waals surface area contributed by atoms with Gasteiger partial charge in [0.2, 0.25) is 5.91 Å². The van der Waals surface area contributed by atoms with Gasteiger partial charge in [-0.1, -0.05) is 31.5 Å². The van der Waals surface area contributed by atoms with Crippen molar-refractivity contribution >= 4 is 17.8 Å². The molecule has 0 aliphatic rings. The van der Waals surface area contributed by atoms with Crippen LogP contribution < -0.4 is 10.6 Å². The van der Waals surface area contributed by atoms with E-state index in [0.29, 0.717) is 18.4 Å². The third-order valence-electron chi connectivity index (χ3n) is 3.21. The first-order valence-corrected chi connectivity index (χ1v) is 7.19. The molecular formula is C16H22N2O4. The number of carboxylic acid groups (broad SMARTS) is 1. The van der Waals surface area contributed by atoms with Crippen LogP contribution in [-0.4, -0.2) is 34.5 Å². The van der Waals surface area contributed by atoms with Gasteiger partial charge in [-0.05, 0) is 32.4 Å². The van der Waals surface area contributed by atoms with Crippen molar-refractivity contribution in [3.8, 4) is 0 Å². The Kier molecular flexibility index (Phi) is 6.10. The van der Waals surface area contributed by atoms with E-state index in [9.17, 15) is 14.4 Å². The summed E-state index contributed by atoms with van der Waals surface area (Å²) in [5, 5.41) is 14.2. The van der Waals surface area contributed by atoms with Gasteiger partial charge in [-0.25, -0.2) is 4.79 Å². The maximum Gasteiger partial charge on any atom is 0.326 e. The standard InChI is InChI=1S/C16H22N2O4/c1-4-8-12(14(20)21)17-15(22)16(2,3)18-13(19)11-9-6-5-7-10-11/h5-7,9-10,12H,4,8H2,1-3H3,(H,17,22)(H,18,19)(H,20,21). The van der Waals surface area contributed by atoms with Gasteiger partial charge in [0.05, 0.1) is 0 Å². The number of hydrogen-bond donors (Lipinski definition) is 3. The Morgan fingerprint density at radius 1 is 1.18 bits per heavy atom. The molecule has 0 radical (unpaired) electrons. The van der Waals surface area contributed by atoms with Gasteiger partial charge in [0.15, 0.2) is 0 Å². The third kappa shape index (κ3) is 4.87. The zero-order valence-corrected chi connectivity index (χ0v) is 13.1. The molecule has 0 bridgehead atoms. The maximum absolute atomic E-state index is 12.2. The van der Waals surface area contributed by atoms with Crippen LogP contribution in [0.25, 0.3) is 0 Å². The molecule has 0 spiro atoms. The zero-order valence-electron chi connectivity index (χ0n) is 13.1. The monoisotopic (exact) mass is 306 g/mol. The van der Waals surface area contributed by atoms with Crippen LogP contribution in [0.4, 0.5) is 0 Å². The molecule has 120 valence electrons. The highest BCUT2D eigenvalue weighted by Gasteiger charge is 2.32. The molecule has 3 N–H and O–H groups in total. The first kappa shape index (κ1) is 17.7. The zero-order chi connectivity index (χ0) is 16.8. The number of hydrogen-bond acceptors (Lipinski definition) is 3. The Morgan fingerprint density at radius 3 is 2.27 bits per heavy atom. The van der Waals surface area contributed by atoms with Crippen LogP contribution in [0.3, 0.4) is 0 Å². The Bertz CT molecular complexity index is 540. The van der Waals surface area contributed by atoms with E-state index in [1.807, 2.05) is 6.92 Å². The molecule has 1 atom stereocenters. The molecule has 0 saturated heterocycles. The van der Waals surface area contributed by atoms with Crippen LogP contribution in [-0.2, 0) is 9.59 Å². The molecule has 1 rings (SSSR count). The summed E-state index contributed by atoms with van der Waals surface area (Å²) in [6.45, 7) is 4.91. The number of carbonyl (C=O) groups is 3. The van der Waals surface area contributed by atoms with Crippen LogP contribution >= 0.6 is 0 Å². The SMILES string of the molecule is CCCC(NC(=O)C(C)(C)NC(=O)c1ccccc1)C(=O)O. The second-order valence-corrected chi connectivity index (χ2v) is 5.60. The molecular weight excluding hydrogens is 284 g/mol. The van der Waals surface area contributed by atoms with E-state index in [1.165, 1.54) is 13.8 Å². The fraction of sp³-hybridized carbons (Fsp3) is 0.438. The van der Waals surface area contributed by atoms with Crippen LogP contribution in [0.5, 0.6) is 0 Å². The Labute approximate surface area is 129 Å². The summed E-state index contributed by atoms with van der Waals surface area (Å²) in [4.78, 5) is 35.4. The highest BCUT2D eigenvalue weighted by atomic mass is 16.4. The van der Waals surface area contributed by atoms with Crippen LogP contribution in [0.15, 0.2) is 30.3 Å². The molecule has 0 fully saturated rings. The molecule has 0 heterocycles. The fourth-order valence-corrected chi connectivity index (χ4v) is 1.89. The number of aliphatic carboxylic acids is 1. The Hall–Kier alpha value is -2.37. The average Bonchev–Trinajstić information content (AvgIpc) is 2.47. The maximum atomic E-state index is 12.2. The molecule has 1 aromatic rings. The van der Waals surface area contributed by atoms with E-state index in [2.05, 4.69) is 10.6 Å². The van der Waals surface area contributed by atoms with E-state index in [4.69, 9.17) is 5.11 Å². The lowest BCUT2D eigenvalue weighted by Gasteiger charge is -2.27. The lowest BCUT2D eigenvalue weighted by Crippen LogP contribution is -2.57. The van der Waals surface area contributed by atoms with Gasteiger partial charge in [-0.2, -0.15) is 0 Å². The van der Waals surface area contributed by atoms with Crippen molar-refractivity contribution < 1.29 is 19.5 Å². The minimum Gasteiger partial charge on any atom is -0.480 e. The van der Waals surface area contributed by atoms with Gasteiger partial charge in [-0.3, -0.25) is 9.59 Å². The molecule has 1 unspecified atom stereocenters. The summed E-state index contributed by atoms with van der Waals surface area (Å²) in [5.74, 6) is -2.00. The number of carboxylic acids is 1. The molecule has 6 nitrogen and oxygen atoms in total. The number of carbonyl (C=O) groups excluding carboxylic acids is 2. The predicted octanol–water partition coefficient (Wildman–Crippen LogP) is 1.56. The van der Waals surface area contributed by atoms with Crippen LogP contribution in [0.1, 0.15) is 44.0 Å². The lowest BCUT2D eigenvalue weighted by atomic mass is 10.0. The molecule has 0 aromatic heterocycles. The number of amides is 2. The van der Waals surface area contributed by atoms with Gasteiger partial charge in [-0.15, -0.1) is 0 Å². The van der Waals surface area contributed by atoms with Gasteiger partial charge in [0.25, 0.3) is 5.91 Å². The molecule has 1 aromatic carbocycles. The summed E-state index contributed by atoms with van der Waals surface area (Å²) < 4.78 is 0. The van der Waals surface area contributed by atoms with Gasteiger partial charge >= 0.3 is 5.97 Å². The minimum atomic E-state index is -1.21. The molecule has 0 aliphatic carbocycles. The largest absolute Gasteiger partial charge is 0.480 e. The van der Waals surface area contributed by atoms with E-state index >= 15 is 0 Å². The topological polar surface area (TPSA) is 95.5 Å².